The van der Waals surface area contributed by atoms with Crippen molar-refractivity contribution < 1.29 is 13.7 Å². The normalized spacial score (nSPS) is 10.2. The van der Waals surface area contributed by atoms with E-state index in [1.54, 1.807) is 6.92 Å². The summed E-state index contributed by atoms with van der Waals surface area (Å²) in [6.45, 7) is 1.66. The van der Waals surface area contributed by atoms with Crippen LogP contribution in [0.2, 0.25) is 0 Å². The van der Waals surface area contributed by atoms with Crippen LogP contribution in [-0.4, -0.2) is 11.1 Å². The van der Waals surface area contributed by atoms with Gasteiger partial charge in [0.05, 0.1) is 5.69 Å². The number of nitrogens with one attached hydrogen (secondary N) is 1. The largest absolute Gasteiger partial charge is 0.399 e. The van der Waals surface area contributed by atoms with E-state index in [-0.39, 0.29) is 17.1 Å². The summed E-state index contributed by atoms with van der Waals surface area (Å²) in [5.74, 6) is -0.628. The minimum absolute atomic E-state index is 0.0462. The van der Waals surface area contributed by atoms with Crippen molar-refractivity contribution in [1.29, 1.82) is 0 Å². The number of aryl methyl sites for hydroxylation is 1. The van der Waals surface area contributed by atoms with Gasteiger partial charge in [0.1, 0.15) is 11.6 Å². The van der Waals surface area contributed by atoms with Crippen molar-refractivity contribution in [3.63, 3.8) is 0 Å². The molecule has 0 atom stereocenters. The van der Waals surface area contributed by atoms with Crippen LogP contribution < -0.4 is 11.1 Å². The van der Waals surface area contributed by atoms with E-state index in [0.717, 1.165) is 6.07 Å². The Morgan fingerprint density at radius 3 is 2.82 bits per heavy atom. The molecule has 1 aromatic heterocycles. The molecular weight excluding hydrogens is 225 g/mol. The number of aromatic nitrogens is 1. The van der Waals surface area contributed by atoms with Crippen molar-refractivity contribution in [2.75, 3.05) is 11.1 Å². The summed E-state index contributed by atoms with van der Waals surface area (Å²) < 4.78 is 18.1. The minimum atomic E-state index is -0.599. The Labute approximate surface area is 96.4 Å². The van der Waals surface area contributed by atoms with Crippen molar-refractivity contribution in [2.24, 2.45) is 0 Å². The number of carbonyl (C=O) groups excluding carboxylic acids is 1. The molecule has 1 amide bonds. The topological polar surface area (TPSA) is 81.2 Å². The van der Waals surface area contributed by atoms with Gasteiger partial charge in [0.15, 0.2) is 5.69 Å². The molecule has 2 aromatic rings. The van der Waals surface area contributed by atoms with Crippen LogP contribution >= 0.6 is 0 Å². The Morgan fingerprint density at radius 2 is 2.24 bits per heavy atom. The summed E-state index contributed by atoms with van der Waals surface area (Å²) in [4.78, 5) is 11.6. The number of anilines is 2. The molecule has 0 saturated heterocycles. The van der Waals surface area contributed by atoms with Gasteiger partial charge in [-0.1, -0.05) is 5.16 Å². The maximum atomic E-state index is 13.4. The molecule has 2 rings (SSSR count). The van der Waals surface area contributed by atoms with Crippen molar-refractivity contribution in [1.82, 2.24) is 5.16 Å². The lowest BCUT2D eigenvalue weighted by atomic mass is 10.2. The highest BCUT2D eigenvalue weighted by Gasteiger charge is 2.13. The first-order valence-corrected chi connectivity index (χ1v) is 4.86. The average molecular weight is 235 g/mol. The van der Waals surface area contributed by atoms with Crippen LogP contribution in [0.4, 0.5) is 15.8 Å². The molecule has 5 nitrogen and oxygen atoms in total. The number of nitrogens with two attached hydrogens (primary N) is 1. The number of nitrogen functional groups attached to an aromatic ring is 1. The van der Waals surface area contributed by atoms with Gasteiger partial charge in [0, 0.05) is 11.8 Å². The van der Waals surface area contributed by atoms with Gasteiger partial charge < -0.3 is 15.6 Å². The number of hydrogen-bond acceptors (Lipinski definition) is 4. The fourth-order valence-corrected chi connectivity index (χ4v) is 1.29. The highest BCUT2D eigenvalue weighted by atomic mass is 19.1. The molecule has 88 valence electrons. The second kappa shape index (κ2) is 4.25. The molecule has 0 aliphatic rings. The highest BCUT2D eigenvalue weighted by Crippen LogP contribution is 2.17. The predicted octanol–water partition coefficient (Wildman–Crippen LogP) is 1.96. The van der Waals surface area contributed by atoms with Gasteiger partial charge in [-0.05, 0) is 25.1 Å². The third-order valence-electron chi connectivity index (χ3n) is 2.10. The van der Waals surface area contributed by atoms with E-state index < -0.39 is 11.7 Å². The molecular formula is C11H10FN3O2. The maximum absolute atomic E-state index is 13.4. The Bertz CT molecular complexity index is 566. The second-order valence-electron chi connectivity index (χ2n) is 3.52. The number of halogens is 1. The molecule has 0 bridgehead atoms. The van der Waals surface area contributed by atoms with Crippen molar-refractivity contribution in [3.05, 3.63) is 41.5 Å². The zero-order chi connectivity index (χ0) is 12.4. The molecule has 0 fully saturated rings. The lowest BCUT2D eigenvalue weighted by Crippen LogP contribution is -2.13. The number of hydrogen-bond donors (Lipinski definition) is 2. The SMILES string of the molecule is Cc1cc(C(=O)Nc2ccc(N)cc2F)no1. The summed E-state index contributed by atoms with van der Waals surface area (Å²) >= 11 is 0. The highest BCUT2D eigenvalue weighted by molar-refractivity contribution is 6.02. The van der Waals surface area contributed by atoms with Crippen LogP contribution in [0.1, 0.15) is 16.2 Å². The zero-order valence-electron chi connectivity index (χ0n) is 9.03. The van der Waals surface area contributed by atoms with Crippen molar-refractivity contribution >= 4 is 17.3 Å². The number of rotatable bonds is 2. The molecule has 0 aliphatic heterocycles. The van der Waals surface area contributed by atoms with Gasteiger partial charge in [-0.25, -0.2) is 4.39 Å². The second-order valence-corrected chi connectivity index (χ2v) is 3.52. The first-order valence-electron chi connectivity index (χ1n) is 4.86. The third kappa shape index (κ3) is 2.41. The molecule has 17 heavy (non-hydrogen) atoms. The fraction of sp³-hybridized carbons (Fsp3) is 0.0909. The summed E-state index contributed by atoms with van der Waals surface area (Å²) in [6.07, 6.45) is 0. The smallest absolute Gasteiger partial charge is 0.277 e. The third-order valence-corrected chi connectivity index (χ3v) is 2.10. The summed E-state index contributed by atoms with van der Waals surface area (Å²) in [5.41, 5.74) is 5.82. The molecule has 1 heterocycles. The van der Waals surface area contributed by atoms with Crippen LogP contribution in [-0.2, 0) is 0 Å². The Morgan fingerprint density at radius 1 is 1.47 bits per heavy atom. The first-order chi connectivity index (χ1) is 8.06. The monoisotopic (exact) mass is 235 g/mol. The van der Waals surface area contributed by atoms with E-state index in [1.807, 2.05) is 0 Å². The van der Waals surface area contributed by atoms with E-state index in [9.17, 15) is 9.18 Å². The molecule has 1 aromatic carbocycles. The van der Waals surface area contributed by atoms with E-state index in [1.165, 1.54) is 18.2 Å². The van der Waals surface area contributed by atoms with Crippen molar-refractivity contribution in [2.45, 2.75) is 6.92 Å². The molecule has 0 spiro atoms. The molecule has 0 saturated carbocycles. The summed E-state index contributed by atoms with van der Waals surface area (Å²) in [7, 11) is 0. The number of benzene rings is 1. The molecule has 6 heteroatoms. The number of nitrogens with zero attached hydrogens (tertiary/aromatic N) is 1. The maximum Gasteiger partial charge on any atom is 0.277 e. The van der Waals surface area contributed by atoms with E-state index in [0.29, 0.717) is 5.76 Å². The van der Waals surface area contributed by atoms with E-state index in [2.05, 4.69) is 10.5 Å². The van der Waals surface area contributed by atoms with Crippen LogP contribution in [0, 0.1) is 12.7 Å². The predicted molar refractivity (Wildman–Crippen MR) is 60.0 cm³/mol. The molecule has 3 N–H and O–H groups in total. The zero-order valence-corrected chi connectivity index (χ0v) is 9.03. The number of amides is 1. The van der Waals surface area contributed by atoms with Crippen LogP contribution in [0.25, 0.3) is 0 Å². The Hall–Kier alpha value is -2.37. The van der Waals surface area contributed by atoms with Crippen molar-refractivity contribution in [3.8, 4) is 0 Å². The Balaban J connectivity index is 2.18. The van der Waals surface area contributed by atoms with Gasteiger partial charge in [0.2, 0.25) is 0 Å². The number of carbonyl (C=O) groups is 1. The molecule has 0 unspecified atom stereocenters. The van der Waals surface area contributed by atoms with Gasteiger partial charge >= 0.3 is 0 Å². The van der Waals surface area contributed by atoms with Gasteiger partial charge in [-0.15, -0.1) is 0 Å². The van der Waals surface area contributed by atoms with Gasteiger partial charge in [-0.3, -0.25) is 4.79 Å². The average Bonchev–Trinajstić information content (AvgIpc) is 2.69. The quantitative estimate of drug-likeness (QED) is 0.779. The van der Waals surface area contributed by atoms with E-state index >= 15 is 0 Å². The summed E-state index contributed by atoms with van der Waals surface area (Å²) in [5, 5.41) is 5.90. The molecule has 0 radical (unpaired) electrons. The standard InChI is InChI=1S/C11H10FN3O2/c1-6-4-10(15-17-6)11(16)14-9-3-2-7(13)5-8(9)12/h2-5H,13H2,1H3,(H,14,16). The Kier molecular flexibility index (Phi) is 2.78. The molecule has 0 aliphatic carbocycles. The summed E-state index contributed by atoms with van der Waals surface area (Å²) in [6, 6.07) is 5.47. The van der Waals surface area contributed by atoms with Crippen LogP contribution in [0.15, 0.2) is 28.8 Å². The van der Waals surface area contributed by atoms with Crippen LogP contribution in [0.5, 0.6) is 0 Å². The first kappa shape index (κ1) is 11.1. The van der Waals surface area contributed by atoms with E-state index in [4.69, 9.17) is 10.3 Å². The van der Waals surface area contributed by atoms with Gasteiger partial charge in [0.25, 0.3) is 5.91 Å². The fourth-order valence-electron chi connectivity index (χ4n) is 1.29. The van der Waals surface area contributed by atoms with Gasteiger partial charge in [-0.2, -0.15) is 0 Å². The minimum Gasteiger partial charge on any atom is -0.399 e. The lowest BCUT2D eigenvalue weighted by Gasteiger charge is -2.04. The lowest BCUT2D eigenvalue weighted by molar-refractivity contribution is 0.101. The van der Waals surface area contributed by atoms with Crippen LogP contribution in [0.3, 0.4) is 0 Å².